The Labute approximate surface area is 98.3 Å². The van der Waals surface area contributed by atoms with Crippen LogP contribution in [0.1, 0.15) is 5.56 Å². The number of nitrogens with zero attached hydrogens (tertiary/aromatic N) is 4. The lowest BCUT2D eigenvalue weighted by molar-refractivity contribution is 1.26. The molecule has 0 atom stereocenters. The fourth-order valence-electron chi connectivity index (χ4n) is 1.06. The van der Waals surface area contributed by atoms with Crippen LogP contribution in [-0.2, 0) is 0 Å². The monoisotopic (exact) mass is 221 g/mol. The third kappa shape index (κ3) is 2.92. The van der Waals surface area contributed by atoms with Crippen molar-refractivity contribution in [3.8, 4) is 18.2 Å². The van der Waals surface area contributed by atoms with Crippen LogP contribution < -0.4 is 5.73 Å². The van der Waals surface area contributed by atoms with Gasteiger partial charge >= 0.3 is 0 Å². The Morgan fingerprint density at radius 2 is 1.65 bits per heavy atom. The Morgan fingerprint density at radius 3 is 2.12 bits per heavy atom. The van der Waals surface area contributed by atoms with Gasteiger partial charge in [0.25, 0.3) is 0 Å². The van der Waals surface area contributed by atoms with Crippen LogP contribution in [-0.4, -0.2) is 5.71 Å². The molecular formula is C12H7N5. The van der Waals surface area contributed by atoms with Gasteiger partial charge in [0.2, 0.25) is 0 Å². The van der Waals surface area contributed by atoms with Crippen molar-refractivity contribution in [3.05, 3.63) is 47.3 Å². The zero-order valence-corrected chi connectivity index (χ0v) is 8.75. The fourth-order valence-corrected chi connectivity index (χ4v) is 1.06. The van der Waals surface area contributed by atoms with Crippen molar-refractivity contribution in [1.82, 2.24) is 0 Å². The van der Waals surface area contributed by atoms with E-state index in [1.54, 1.807) is 42.5 Å². The first-order valence-electron chi connectivity index (χ1n) is 4.57. The molecule has 0 fully saturated rings. The van der Waals surface area contributed by atoms with E-state index >= 15 is 0 Å². The van der Waals surface area contributed by atoms with Gasteiger partial charge < -0.3 is 5.73 Å². The first kappa shape index (κ1) is 12.0. The summed E-state index contributed by atoms with van der Waals surface area (Å²) < 4.78 is 0. The molecule has 0 heterocycles. The second-order valence-electron chi connectivity index (χ2n) is 2.92. The quantitative estimate of drug-likeness (QED) is 0.597. The standard InChI is InChI=1S/C12H7N5/c13-6-10(16)12(8-15)17-11(7-14)9-4-2-1-3-5-9/h1-5H,16H2/b12-10-,17-11?. The van der Waals surface area contributed by atoms with E-state index in [2.05, 4.69) is 4.99 Å². The van der Waals surface area contributed by atoms with Crippen molar-refractivity contribution >= 4 is 5.71 Å². The molecule has 0 aromatic heterocycles. The van der Waals surface area contributed by atoms with Gasteiger partial charge in [-0.05, 0) is 0 Å². The summed E-state index contributed by atoms with van der Waals surface area (Å²) in [6, 6.07) is 13.8. The maximum atomic E-state index is 8.94. The van der Waals surface area contributed by atoms with Crippen LogP contribution in [0, 0.1) is 34.0 Å². The van der Waals surface area contributed by atoms with Crippen LogP contribution in [0.3, 0.4) is 0 Å². The van der Waals surface area contributed by atoms with Crippen molar-refractivity contribution in [2.75, 3.05) is 0 Å². The second kappa shape index (κ2) is 5.70. The molecule has 1 rings (SSSR count). The zero-order valence-electron chi connectivity index (χ0n) is 8.75. The van der Waals surface area contributed by atoms with Crippen LogP contribution in [0.4, 0.5) is 0 Å². The SMILES string of the molecule is N#CC(=N/C(C#N)=C(\N)C#N)c1ccccc1. The highest BCUT2D eigenvalue weighted by Crippen LogP contribution is 2.06. The molecule has 0 bridgehead atoms. The van der Waals surface area contributed by atoms with Gasteiger partial charge in [-0.25, -0.2) is 4.99 Å². The van der Waals surface area contributed by atoms with Crippen LogP contribution in [0.15, 0.2) is 46.7 Å². The van der Waals surface area contributed by atoms with E-state index in [-0.39, 0.29) is 17.1 Å². The third-order valence-electron chi connectivity index (χ3n) is 1.86. The molecule has 5 heteroatoms. The van der Waals surface area contributed by atoms with E-state index < -0.39 is 0 Å². The van der Waals surface area contributed by atoms with Gasteiger partial charge in [0, 0.05) is 5.56 Å². The zero-order chi connectivity index (χ0) is 12.7. The molecule has 0 amide bonds. The predicted molar refractivity (Wildman–Crippen MR) is 61.0 cm³/mol. The molecule has 80 valence electrons. The van der Waals surface area contributed by atoms with Crippen molar-refractivity contribution in [3.63, 3.8) is 0 Å². The van der Waals surface area contributed by atoms with Gasteiger partial charge in [-0.2, -0.15) is 15.8 Å². The molecule has 0 saturated heterocycles. The van der Waals surface area contributed by atoms with E-state index in [1.165, 1.54) is 0 Å². The minimum atomic E-state index is -0.309. The summed E-state index contributed by atoms with van der Waals surface area (Å²) >= 11 is 0. The molecule has 0 aliphatic heterocycles. The minimum absolute atomic E-state index is 0.0420. The summed E-state index contributed by atoms with van der Waals surface area (Å²) in [5.41, 5.74) is 5.33. The Hall–Kier alpha value is -3.10. The molecule has 0 unspecified atom stereocenters. The lowest BCUT2D eigenvalue weighted by Crippen LogP contribution is -2.02. The second-order valence-corrected chi connectivity index (χ2v) is 2.92. The molecule has 0 spiro atoms. The maximum Gasteiger partial charge on any atom is 0.175 e. The number of allylic oxidation sites excluding steroid dienone is 2. The molecule has 17 heavy (non-hydrogen) atoms. The summed E-state index contributed by atoms with van der Waals surface area (Å²) in [7, 11) is 0. The average Bonchev–Trinajstić information content (AvgIpc) is 2.40. The molecule has 0 aliphatic carbocycles. The Bertz CT molecular complexity index is 591. The highest BCUT2D eigenvalue weighted by Gasteiger charge is 2.06. The fraction of sp³-hybridized carbons (Fsp3) is 0. The van der Waals surface area contributed by atoms with Gasteiger partial charge in [0.05, 0.1) is 0 Å². The van der Waals surface area contributed by atoms with Crippen molar-refractivity contribution in [2.45, 2.75) is 0 Å². The first-order valence-corrected chi connectivity index (χ1v) is 4.57. The lowest BCUT2D eigenvalue weighted by atomic mass is 10.1. The van der Waals surface area contributed by atoms with Crippen LogP contribution in [0.2, 0.25) is 0 Å². The van der Waals surface area contributed by atoms with Gasteiger partial charge in [-0.1, -0.05) is 30.3 Å². The Balaban J connectivity index is 3.28. The summed E-state index contributed by atoms with van der Waals surface area (Å²) in [6.07, 6.45) is 0. The maximum absolute atomic E-state index is 8.94. The smallest absolute Gasteiger partial charge is 0.175 e. The molecule has 0 saturated carbocycles. The largest absolute Gasteiger partial charge is 0.388 e. The van der Waals surface area contributed by atoms with E-state index in [9.17, 15) is 0 Å². The van der Waals surface area contributed by atoms with Crippen molar-refractivity contribution in [2.24, 2.45) is 10.7 Å². The van der Waals surface area contributed by atoms with Crippen LogP contribution in [0.5, 0.6) is 0 Å². The van der Waals surface area contributed by atoms with E-state index in [4.69, 9.17) is 21.5 Å². The van der Waals surface area contributed by atoms with Gasteiger partial charge in [0.15, 0.2) is 5.70 Å². The number of aliphatic imine (C=N–C) groups is 1. The average molecular weight is 221 g/mol. The number of rotatable bonds is 2. The molecule has 5 nitrogen and oxygen atoms in total. The number of hydrogen-bond donors (Lipinski definition) is 1. The van der Waals surface area contributed by atoms with Gasteiger partial charge in [0.1, 0.15) is 29.6 Å². The first-order chi connectivity index (χ1) is 8.22. The third-order valence-corrected chi connectivity index (χ3v) is 1.86. The van der Waals surface area contributed by atoms with E-state index in [0.29, 0.717) is 5.56 Å². The molecular weight excluding hydrogens is 214 g/mol. The Kier molecular flexibility index (Phi) is 4.02. The summed E-state index contributed by atoms with van der Waals surface area (Å²) in [6.45, 7) is 0. The van der Waals surface area contributed by atoms with Crippen LogP contribution >= 0.6 is 0 Å². The van der Waals surface area contributed by atoms with Gasteiger partial charge in [-0.3, -0.25) is 0 Å². The molecule has 0 aliphatic rings. The lowest BCUT2D eigenvalue weighted by Gasteiger charge is -1.97. The highest BCUT2D eigenvalue weighted by atomic mass is 14.8. The summed E-state index contributed by atoms with van der Waals surface area (Å²) in [5.74, 6) is 0. The Morgan fingerprint density at radius 1 is 1.00 bits per heavy atom. The van der Waals surface area contributed by atoms with Crippen molar-refractivity contribution in [1.29, 1.82) is 15.8 Å². The number of benzene rings is 1. The highest BCUT2D eigenvalue weighted by molar-refractivity contribution is 6.12. The number of nitrogens with two attached hydrogens (primary N) is 1. The van der Waals surface area contributed by atoms with E-state index in [1.807, 2.05) is 6.07 Å². The van der Waals surface area contributed by atoms with Gasteiger partial charge in [-0.15, -0.1) is 0 Å². The minimum Gasteiger partial charge on any atom is -0.388 e. The number of hydrogen-bond acceptors (Lipinski definition) is 5. The molecule has 1 aromatic carbocycles. The molecule has 1 aromatic rings. The molecule has 0 radical (unpaired) electrons. The number of nitriles is 3. The summed E-state index contributed by atoms with van der Waals surface area (Å²) in [4.78, 5) is 3.78. The van der Waals surface area contributed by atoms with E-state index in [0.717, 1.165) is 0 Å². The summed E-state index contributed by atoms with van der Waals surface area (Å²) in [5, 5.41) is 26.3. The normalized spacial score (nSPS) is 11.7. The molecule has 2 N–H and O–H groups in total. The van der Waals surface area contributed by atoms with Crippen LogP contribution in [0.25, 0.3) is 0 Å². The predicted octanol–water partition coefficient (Wildman–Crippen LogP) is 1.22. The van der Waals surface area contributed by atoms with Crippen molar-refractivity contribution < 1.29 is 0 Å². The topological polar surface area (TPSA) is 110 Å².